The van der Waals surface area contributed by atoms with E-state index in [4.69, 9.17) is 15.1 Å². The molecule has 0 spiro atoms. The number of benzene rings is 2. The number of carbonyl (C=O) groups is 2. The zero-order chi connectivity index (χ0) is 26.5. The van der Waals surface area contributed by atoms with E-state index in [2.05, 4.69) is 9.88 Å². The minimum Gasteiger partial charge on any atom is -0.494 e. The number of fused-ring (bicyclic) bond motifs is 2. The number of para-hydroxylation sites is 1. The molecule has 0 aliphatic carbocycles. The number of methoxy groups -OCH3 is 1. The Balaban J connectivity index is 1.68. The monoisotopic (exact) mass is 507 g/mol. The van der Waals surface area contributed by atoms with E-state index in [0.29, 0.717) is 68.0 Å². The Kier molecular flexibility index (Phi) is 8.21. The molecule has 3 aromatic rings. The third-order valence-electron chi connectivity index (χ3n) is 6.95. The highest BCUT2D eigenvalue weighted by atomic mass is 19.1. The van der Waals surface area contributed by atoms with E-state index >= 15 is 0 Å². The average Bonchev–Trinajstić information content (AvgIpc) is 3.46. The Morgan fingerprint density at radius 2 is 1.97 bits per heavy atom. The molecule has 2 heterocycles. The van der Waals surface area contributed by atoms with E-state index in [0.717, 1.165) is 16.6 Å². The van der Waals surface area contributed by atoms with Crippen LogP contribution in [0.4, 0.5) is 4.39 Å². The molecule has 9 heteroatoms. The molecule has 4 rings (SSSR count). The molecule has 0 bridgehead atoms. The quantitative estimate of drug-likeness (QED) is 0.264. The number of amides is 2. The minimum absolute atomic E-state index is 0.0740. The molecule has 37 heavy (non-hydrogen) atoms. The number of carbonyl (C=O) groups excluding carboxylic acids is 2. The predicted octanol–water partition coefficient (Wildman–Crippen LogP) is 5.06. The molecule has 1 aliphatic rings. The highest BCUT2D eigenvalue weighted by molar-refractivity contribution is 6.09. The number of unbranched alkanes of at least 4 members (excludes halogenated alkanes) is 1. The standard InChI is InChI=1S/C28H34FN5O3/c1-4-33-17-18-10-8-12-20(24(18)28(33)36)27(35)31-21(13-7-6-11-19(30)16-29)26-32-25-22(34(26)5-2)14-9-15-23(25)37-3/h8-10,12,14-15,21,30H,4-7,11,13,16-17H2,1-3H3,(H,31,35)/t21-/m0/s1. The number of hydrogen-bond donors (Lipinski definition) is 2. The van der Waals surface area contributed by atoms with E-state index in [1.54, 1.807) is 18.1 Å². The first kappa shape index (κ1) is 26.3. The van der Waals surface area contributed by atoms with Crippen LogP contribution in [0.15, 0.2) is 36.4 Å². The lowest BCUT2D eigenvalue weighted by molar-refractivity contribution is 0.0780. The van der Waals surface area contributed by atoms with Crippen molar-refractivity contribution in [1.82, 2.24) is 19.8 Å². The van der Waals surface area contributed by atoms with Crippen LogP contribution in [0.2, 0.25) is 0 Å². The smallest absolute Gasteiger partial charge is 0.255 e. The van der Waals surface area contributed by atoms with Gasteiger partial charge >= 0.3 is 0 Å². The number of halogens is 1. The summed E-state index contributed by atoms with van der Waals surface area (Å²) in [6, 6.07) is 10.7. The van der Waals surface area contributed by atoms with Gasteiger partial charge in [0.25, 0.3) is 11.8 Å². The maximum Gasteiger partial charge on any atom is 0.255 e. The summed E-state index contributed by atoms with van der Waals surface area (Å²) in [6.45, 7) is 4.92. The van der Waals surface area contributed by atoms with E-state index in [9.17, 15) is 14.0 Å². The van der Waals surface area contributed by atoms with Gasteiger partial charge in [-0.1, -0.05) is 24.6 Å². The molecule has 0 saturated heterocycles. The first-order valence-electron chi connectivity index (χ1n) is 12.8. The zero-order valence-corrected chi connectivity index (χ0v) is 21.6. The third kappa shape index (κ3) is 5.21. The number of ether oxygens (including phenoxy) is 1. The summed E-state index contributed by atoms with van der Waals surface area (Å²) < 4.78 is 20.3. The maximum absolute atomic E-state index is 13.6. The fourth-order valence-corrected chi connectivity index (χ4v) is 5.02. The van der Waals surface area contributed by atoms with E-state index in [1.807, 2.05) is 44.2 Å². The number of imidazole rings is 1. The Morgan fingerprint density at radius 1 is 1.19 bits per heavy atom. The van der Waals surface area contributed by atoms with Gasteiger partial charge in [0.15, 0.2) is 0 Å². The molecule has 0 unspecified atom stereocenters. The van der Waals surface area contributed by atoms with E-state index in [-0.39, 0.29) is 17.5 Å². The lowest BCUT2D eigenvalue weighted by Crippen LogP contribution is -2.32. The molecule has 2 amide bonds. The molecule has 1 atom stereocenters. The van der Waals surface area contributed by atoms with Crippen LogP contribution in [0, 0.1) is 5.41 Å². The number of nitrogens with zero attached hydrogens (tertiary/aromatic N) is 3. The van der Waals surface area contributed by atoms with E-state index < -0.39 is 12.7 Å². The first-order valence-corrected chi connectivity index (χ1v) is 12.8. The summed E-state index contributed by atoms with van der Waals surface area (Å²) in [6.07, 6.45) is 2.24. The number of alkyl halides is 1. The van der Waals surface area contributed by atoms with Gasteiger partial charge in [-0.15, -0.1) is 0 Å². The maximum atomic E-state index is 13.6. The molecule has 196 valence electrons. The van der Waals surface area contributed by atoms with Gasteiger partial charge < -0.3 is 24.9 Å². The Morgan fingerprint density at radius 3 is 2.68 bits per heavy atom. The van der Waals surface area contributed by atoms with Crippen LogP contribution in [0.1, 0.15) is 77.7 Å². The zero-order valence-electron chi connectivity index (χ0n) is 21.6. The summed E-state index contributed by atoms with van der Waals surface area (Å²) in [5.74, 6) is 0.893. The molecule has 0 saturated carbocycles. The Labute approximate surface area is 216 Å². The van der Waals surface area contributed by atoms with Crippen molar-refractivity contribution in [1.29, 1.82) is 5.41 Å². The molecule has 1 aliphatic heterocycles. The van der Waals surface area contributed by atoms with Crippen molar-refractivity contribution in [2.45, 2.75) is 58.7 Å². The predicted molar refractivity (Wildman–Crippen MR) is 141 cm³/mol. The number of hydrogen-bond acceptors (Lipinski definition) is 5. The van der Waals surface area contributed by atoms with Gasteiger partial charge in [-0.05, 0) is 56.9 Å². The van der Waals surface area contributed by atoms with Crippen molar-refractivity contribution >= 4 is 28.6 Å². The van der Waals surface area contributed by atoms with Crippen molar-refractivity contribution < 1.29 is 18.7 Å². The van der Waals surface area contributed by atoms with Gasteiger partial charge in [-0.25, -0.2) is 9.37 Å². The Hall–Kier alpha value is -3.75. The van der Waals surface area contributed by atoms with Crippen molar-refractivity contribution in [2.24, 2.45) is 0 Å². The number of aromatic nitrogens is 2. The number of aryl methyl sites for hydroxylation is 1. The molecule has 8 nitrogen and oxygen atoms in total. The fourth-order valence-electron chi connectivity index (χ4n) is 5.02. The summed E-state index contributed by atoms with van der Waals surface area (Å²) in [5.41, 5.74) is 3.37. The van der Waals surface area contributed by atoms with Gasteiger partial charge in [0.05, 0.1) is 29.8 Å². The second-order valence-corrected chi connectivity index (χ2v) is 9.21. The topological polar surface area (TPSA) is 100 Å². The molecular weight excluding hydrogens is 473 g/mol. The number of nitrogens with one attached hydrogen (secondary N) is 2. The second kappa shape index (κ2) is 11.5. The highest BCUT2D eigenvalue weighted by Crippen LogP contribution is 2.31. The second-order valence-electron chi connectivity index (χ2n) is 9.21. The van der Waals surface area contributed by atoms with Crippen LogP contribution in [0.3, 0.4) is 0 Å². The Bertz CT molecular complexity index is 1320. The molecule has 0 radical (unpaired) electrons. The van der Waals surface area contributed by atoms with Crippen molar-refractivity contribution in [3.05, 3.63) is 58.9 Å². The minimum atomic E-state index is -0.743. The molecule has 0 fully saturated rings. The fraction of sp³-hybridized carbons (Fsp3) is 0.429. The lowest BCUT2D eigenvalue weighted by Gasteiger charge is -2.20. The van der Waals surface area contributed by atoms with Gasteiger partial charge in [0.1, 0.15) is 23.8 Å². The van der Waals surface area contributed by atoms with Crippen LogP contribution in [-0.2, 0) is 13.1 Å². The van der Waals surface area contributed by atoms with Crippen LogP contribution < -0.4 is 10.1 Å². The largest absolute Gasteiger partial charge is 0.494 e. The molecular formula is C28H34FN5O3. The van der Waals surface area contributed by atoms with Gasteiger partial charge in [0.2, 0.25) is 0 Å². The van der Waals surface area contributed by atoms with Crippen LogP contribution in [0.5, 0.6) is 5.75 Å². The first-order chi connectivity index (χ1) is 17.9. The summed E-state index contributed by atoms with van der Waals surface area (Å²) in [7, 11) is 1.60. The van der Waals surface area contributed by atoms with Crippen LogP contribution in [0.25, 0.3) is 11.0 Å². The SMILES string of the molecule is CCN1Cc2cccc(C(=O)N[C@@H](CCCCC(=N)CF)c3nc4c(OC)cccc4n3CC)c2C1=O. The van der Waals surface area contributed by atoms with Gasteiger partial charge in [-0.2, -0.15) is 0 Å². The number of rotatable bonds is 12. The lowest BCUT2D eigenvalue weighted by atomic mass is 10.0. The normalized spacial score (nSPS) is 13.6. The van der Waals surface area contributed by atoms with Crippen molar-refractivity contribution in [3.63, 3.8) is 0 Å². The average molecular weight is 508 g/mol. The van der Waals surface area contributed by atoms with Gasteiger partial charge in [0, 0.05) is 25.3 Å². The summed E-state index contributed by atoms with van der Waals surface area (Å²) in [5, 5.41) is 10.8. The van der Waals surface area contributed by atoms with Crippen LogP contribution >= 0.6 is 0 Å². The highest BCUT2D eigenvalue weighted by Gasteiger charge is 2.32. The molecule has 1 aromatic heterocycles. The van der Waals surface area contributed by atoms with Crippen molar-refractivity contribution in [3.8, 4) is 5.75 Å². The van der Waals surface area contributed by atoms with E-state index in [1.165, 1.54) is 0 Å². The summed E-state index contributed by atoms with van der Waals surface area (Å²) in [4.78, 5) is 33.2. The molecule has 2 N–H and O–H groups in total. The third-order valence-corrected chi connectivity index (χ3v) is 6.95. The van der Waals surface area contributed by atoms with Crippen LogP contribution in [-0.4, -0.2) is 52.3 Å². The van der Waals surface area contributed by atoms with Gasteiger partial charge in [-0.3, -0.25) is 9.59 Å². The summed E-state index contributed by atoms with van der Waals surface area (Å²) >= 11 is 0. The molecule has 2 aromatic carbocycles. The van der Waals surface area contributed by atoms with Crippen molar-refractivity contribution in [2.75, 3.05) is 20.3 Å².